The number of amides is 1. The van der Waals surface area contributed by atoms with Crippen LogP contribution in [0, 0.1) is 0 Å². The fourth-order valence-electron chi connectivity index (χ4n) is 1.61. The zero-order chi connectivity index (χ0) is 10.3. The monoisotopic (exact) mass is 205 g/mol. The van der Waals surface area contributed by atoms with Gasteiger partial charge < -0.3 is 24.8 Å². The van der Waals surface area contributed by atoms with Crippen LogP contribution >= 0.6 is 0 Å². The predicted molar refractivity (Wildman–Crippen MR) is 41.2 cm³/mol. The smallest absolute Gasteiger partial charge is 0.409 e. The molecule has 5 atom stereocenters. The molecule has 7 heteroatoms. The topological polar surface area (TPSA) is 108 Å². The van der Waals surface area contributed by atoms with Crippen molar-refractivity contribution in [1.29, 1.82) is 0 Å². The molecule has 0 aromatic carbocycles. The first-order chi connectivity index (χ1) is 6.63. The lowest BCUT2D eigenvalue weighted by Gasteiger charge is -2.36. The highest BCUT2D eigenvalue weighted by Gasteiger charge is 2.50. The molecule has 0 aromatic heterocycles. The highest BCUT2D eigenvalue weighted by molar-refractivity contribution is 5.70. The molecule has 2 saturated heterocycles. The summed E-state index contributed by atoms with van der Waals surface area (Å²) in [7, 11) is 0. The Balaban J connectivity index is 2.13. The molecule has 2 aliphatic heterocycles. The summed E-state index contributed by atoms with van der Waals surface area (Å²) in [5.74, 6) is 0. The van der Waals surface area contributed by atoms with E-state index in [1.54, 1.807) is 0 Å². The minimum atomic E-state index is -1.26. The molecule has 0 unspecified atom stereocenters. The number of hydrogen-bond acceptors (Lipinski definition) is 6. The van der Waals surface area contributed by atoms with Crippen molar-refractivity contribution in [3.8, 4) is 0 Å². The van der Waals surface area contributed by atoms with Gasteiger partial charge >= 0.3 is 6.09 Å². The van der Waals surface area contributed by atoms with E-state index in [0.717, 1.165) is 0 Å². The highest BCUT2D eigenvalue weighted by Crippen LogP contribution is 2.25. The molecule has 2 heterocycles. The van der Waals surface area contributed by atoms with Crippen LogP contribution in [0.2, 0.25) is 0 Å². The van der Waals surface area contributed by atoms with Crippen molar-refractivity contribution < 1.29 is 29.6 Å². The van der Waals surface area contributed by atoms with E-state index in [1.165, 1.54) is 0 Å². The fourth-order valence-corrected chi connectivity index (χ4v) is 1.61. The van der Waals surface area contributed by atoms with Gasteiger partial charge in [-0.05, 0) is 0 Å². The van der Waals surface area contributed by atoms with Crippen molar-refractivity contribution in [2.24, 2.45) is 0 Å². The molecular weight excluding hydrogens is 194 g/mol. The summed E-state index contributed by atoms with van der Waals surface area (Å²) >= 11 is 0. The van der Waals surface area contributed by atoms with Gasteiger partial charge in [0, 0.05) is 0 Å². The van der Waals surface area contributed by atoms with Crippen molar-refractivity contribution in [3.05, 3.63) is 0 Å². The van der Waals surface area contributed by atoms with Gasteiger partial charge in [-0.1, -0.05) is 0 Å². The SMILES string of the molecule is O=C1N[C@@H]2O[C@@H](CO)[C@@H](O)[C@H](O)[C@H]2O1. The van der Waals surface area contributed by atoms with Crippen LogP contribution in [0.5, 0.6) is 0 Å². The van der Waals surface area contributed by atoms with Crippen LogP contribution in [0.15, 0.2) is 0 Å². The van der Waals surface area contributed by atoms with Crippen molar-refractivity contribution in [2.45, 2.75) is 30.6 Å². The summed E-state index contributed by atoms with van der Waals surface area (Å²) in [6, 6.07) is 0. The second-order valence-corrected chi connectivity index (χ2v) is 3.27. The number of aliphatic hydroxyl groups excluding tert-OH is 3. The summed E-state index contributed by atoms with van der Waals surface area (Å²) < 4.78 is 9.77. The van der Waals surface area contributed by atoms with Crippen LogP contribution in [0.4, 0.5) is 4.79 Å². The van der Waals surface area contributed by atoms with Gasteiger partial charge in [-0.3, -0.25) is 5.32 Å². The predicted octanol–water partition coefficient (Wildman–Crippen LogP) is -2.47. The molecule has 0 aliphatic carbocycles. The number of ether oxygens (including phenoxy) is 2. The van der Waals surface area contributed by atoms with Crippen molar-refractivity contribution in [2.75, 3.05) is 6.61 Å². The molecule has 4 N–H and O–H groups in total. The first-order valence-corrected chi connectivity index (χ1v) is 4.23. The molecule has 2 rings (SSSR count). The number of nitrogens with one attached hydrogen (secondary N) is 1. The van der Waals surface area contributed by atoms with Crippen LogP contribution < -0.4 is 5.32 Å². The van der Waals surface area contributed by atoms with E-state index in [2.05, 4.69) is 10.1 Å². The Morgan fingerprint density at radius 3 is 2.71 bits per heavy atom. The number of fused-ring (bicyclic) bond motifs is 1. The average molecular weight is 205 g/mol. The fraction of sp³-hybridized carbons (Fsp3) is 0.857. The second-order valence-electron chi connectivity index (χ2n) is 3.27. The third-order valence-corrected chi connectivity index (χ3v) is 2.37. The molecular formula is C7H11NO6. The van der Waals surface area contributed by atoms with Crippen LogP contribution in [-0.4, -0.2) is 58.7 Å². The maximum absolute atomic E-state index is 10.8. The zero-order valence-electron chi connectivity index (χ0n) is 7.16. The maximum Gasteiger partial charge on any atom is 0.409 e. The molecule has 1 amide bonds. The van der Waals surface area contributed by atoms with Gasteiger partial charge in [-0.2, -0.15) is 0 Å². The number of alkyl carbamates (subject to hydrolysis) is 1. The Morgan fingerprint density at radius 1 is 1.36 bits per heavy atom. The van der Waals surface area contributed by atoms with Gasteiger partial charge in [0.1, 0.15) is 18.3 Å². The van der Waals surface area contributed by atoms with Crippen molar-refractivity contribution >= 4 is 6.09 Å². The third kappa shape index (κ3) is 1.34. The minimum Gasteiger partial charge on any atom is -0.438 e. The van der Waals surface area contributed by atoms with Crippen LogP contribution in [0.3, 0.4) is 0 Å². The van der Waals surface area contributed by atoms with Crippen molar-refractivity contribution in [1.82, 2.24) is 5.32 Å². The summed E-state index contributed by atoms with van der Waals surface area (Å²) in [5.41, 5.74) is 0. The molecule has 0 aromatic rings. The van der Waals surface area contributed by atoms with E-state index < -0.39 is 43.3 Å². The molecule has 0 bridgehead atoms. The van der Waals surface area contributed by atoms with Gasteiger partial charge in [0.05, 0.1) is 6.61 Å². The largest absolute Gasteiger partial charge is 0.438 e. The van der Waals surface area contributed by atoms with Crippen LogP contribution in [0.25, 0.3) is 0 Å². The first kappa shape index (κ1) is 9.66. The average Bonchev–Trinajstić information content (AvgIpc) is 2.52. The van der Waals surface area contributed by atoms with E-state index in [4.69, 9.17) is 9.84 Å². The number of rotatable bonds is 1. The quantitative estimate of drug-likeness (QED) is 0.378. The zero-order valence-corrected chi connectivity index (χ0v) is 7.16. The molecule has 0 radical (unpaired) electrons. The summed E-state index contributed by atoms with van der Waals surface area (Å²) in [6.07, 6.45) is -5.84. The Kier molecular flexibility index (Phi) is 2.31. The standard InChI is InChI=1S/C7H11NO6/c9-1-2-3(10)4(11)5-6(13-2)8-7(12)14-5/h2-6,9-11H,1H2,(H,8,12)/t2-,3+,4-,5+,6+/m0/s1. The third-order valence-electron chi connectivity index (χ3n) is 2.37. The summed E-state index contributed by atoms with van der Waals surface area (Å²) in [5, 5.41) is 30.0. The van der Waals surface area contributed by atoms with Gasteiger partial charge in [-0.25, -0.2) is 4.79 Å². The Bertz CT molecular complexity index is 246. The summed E-state index contributed by atoms with van der Waals surface area (Å²) in [6.45, 7) is -0.433. The number of carbonyl (C=O) groups excluding carboxylic acids is 1. The Labute approximate surface area is 79.2 Å². The van der Waals surface area contributed by atoms with Crippen molar-refractivity contribution in [3.63, 3.8) is 0 Å². The lowest BCUT2D eigenvalue weighted by Crippen LogP contribution is -2.59. The molecule has 0 spiro atoms. The lowest BCUT2D eigenvalue weighted by molar-refractivity contribution is -0.215. The minimum absolute atomic E-state index is 0.433. The van der Waals surface area contributed by atoms with E-state index in [-0.39, 0.29) is 0 Å². The van der Waals surface area contributed by atoms with E-state index in [0.29, 0.717) is 0 Å². The second kappa shape index (κ2) is 3.35. The molecule has 80 valence electrons. The first-order valence-electron chi connectivity index (χ1n) is 4.23. The van der Waals surface area contributed by atoms with Gasteiger partial charge in [0.25, 0.3) is 0 Å². The van der Waals surface area contributed by atoms with E-state index in [1.807, 2.05) is 0 Å². The van der Waals surface area contributed by atoms with Gasteiger partial charge in [-0.15, -0.1) is 0 Å². The lowest BCUT2D eigenvalue weighted by atomic mass is 9.99. The molecule has 7 nitrogen and oxygen atoms in total. The van der Waals surface area contributed by atoms with Gasteiger partial charge in [0.2, 0.25) is 0 Å². The van der Waals surface area contributed by atoms with E-state index >= 15 is 0 Å². The van der Waals surface area contributed by atoms with Crippen LogP contribution in [-0.2, 0) is 9.47 Å². The number of aliphatic hydroxyl groups is 3. The molecule has 2 aliphatic rings. The Morgan fingerprint density at radius 2 is 2.07 bits per heavy atom. The molecule has 2 fully saturated rings. The Hall–Kier alpha value is -0.890. The summed E-state index contributed by atoms with van der Waals surface area (Å²) in [4.78, 5) is 10.8. The number of carbonyl (C=O) groups is 1. The normalized spacial score (nSPS) is 46.8. The number of hydrogen-bond donors (Lipinski definition) is 4. The van der Waals surface area contributed by atoms with Crippen LogP contribution in [0.1, 0.15) is 0 Å². The van der Waals surface area contributed by atoms with Gasteiger partial charge in [0.15, 0.2) is 12.3 Å². The maximum atomic E-state index is 10.8. The van der Waals surface area contributed by atoms with E-state index in [9.17, 15) is 15.0 Å². The molecule has 14 heavy (non-hydrogen) atoms. The molecule has 0 saturated carbocycles. The highest BCUT2D eigenvalue weighted by atomic mass is 16.6.